The van der Waals surface area contributed by atoms with E-state index >= 15 is 0 Å². The van der Waals surface area contributed by atoms with Crippen LogP contribution in [0.25, 0.3) is 0 Å². The Morgan fingerprint density at radius 3 is 2.29 bits per heavy atom. The molecule has 0 amide bonds. The molecule has 17 heavy (non-hydrogen) atoms. The van der Waals surface area contributed by atoms with Crippen molar-refractivity contribution in [3.63, 3.8) is 0 Å². The van der Waals surface area contributed by atoms with E-state index < -0.39 is 0 Å². The zero-order chi connectivity index (χ0) is 12.1. The predicted octanol–water partition coefficient (Wildman–Crippen LogP) is 2.25. The van der Waals surface area contributed by atoms with Gasteiger partial charge in [0.25, 0.3) is 0 Å². The molecule has 1 aromatic rings. The van der Waals surface area contributed by atoms with E-state index in [0.29, 0.717) is 11.5 Å². The van der Waals surface area contributed by atoms with Gasteiger partial charge in [0.1, 0.15) is 0 Å². The fourth-order valence-electron chi connectivity index (χ4n) is 1.97. The SMILES string of the molecule is CN1CCC(C#Cc2ccc(C#N)cc2)CC1. The first-order chi connectivity index (χ1) is 8.28. The van der Waals surface area contributed by atoms with Crippen LogP contribution in [0.15, 0.2) is 24.3 Å². The van der Waals surface area contributed by atoms with Gasteiger partial charge in [-0.15, -0.1) is 0 Å². The highest BCUT2D eigenvalue weighted by molar-refractivity contribution is 5.40. The summed E-state index contributed by atoms with van der Waals surface area (Å²) in [5.74, 6) is 7.07. The molecule has 0 aliphatic carbocycles. The van der Waals surface area contributed by atoms with Crippen LogP contribution in [-0.2, 0) is 0 Å². The number of benzene rings is 1. The van der Waals surface area contributed by atoms with Crippen LogP contribution in [0.1, 0.15) is 24.0 Å². The smallest absolute Gasteiger partial charge is 0.0991 e. The topological polar surface area (TPSA) is 27.0 Å². The lowest BCUT2D eigenvalue weighted by atomic mass is 9.97. The number of hydrogen-bond donors (Lipinski definition) is 0. The standard InChI is InChI=1S/C15H16N2/c1-17-10-8-14(9-11-17)3-2-13-4-6-15(12-16)7-5-13/h4-7,14H,8-11H2,1H3. The first-order valence-electron chi connectivity index (χ1n) is 5.98. The molecule has 0 aromatic heterocycles. The number of piperidine rings is 1. The van der Waals surface area contributed by atoms with E-state index in [-0.39, 0.29) is 0 Å². The molecule has 0 bridgehead atoms. The molecule has 1 aliphatic heterocycles. The van der Waals surface area contributed by atoms with Crippen molar-refractivity contribution in [2.24, 2.45) is 5.92 Å². The average Bonchev–Trinajstić information content (AvgIpc) is 2.39. The van der Waals surface area contributed by atoms with Gasteiger partial charge in [0.05, 0.1) is 11.6 Å². The van der Waals surface area contributed by atoms with Crippen LogP contribution >= 0.6 is 0 Å². The lowest BCUT2D eigenvalue weighted by Gasteiger charge is -2.25. The van der Waals surface area contributed by atoms with Crippen LogP contribution in [0.2, 0.25) is 0 Å². The van der Waals surface area contributed by atoms with E-state index in [2.05, 4.69) is 29.9 Å². The molecule has 1 fully saturated rings. The molecular weight excluding hydrogens is 208 g/mol. The minimum atomic E-state index is 0.529. The molecule has 0 unspecified atom stereocenters. The second kappa shape index (κ2) is 5.53. The third kappa shape index (κ3) is 3.34. The van der Waals surface area contributed by atoms with Crippen molar-refractivity contribution in [1.82, 2.24) is 4.90 Å². The molecule has 2 heteroatoms. The van der Waals surface area contributed by atoms with Gasteiger partial charge in [0.2, 0.25) is 0 Å². The van der Waals surface area contributed by atoms with E-state index in [4.69, 9.17) is 5.26 Å². The van der Waals surface area contributed by atoms with Crippen LogP contribution in [0.5, 0.6) is 0 Å². The molecule has 2 nitrogen and oxygen atoms in total. The van der Waals surface area contributed by atoms with Crippen LogP contribution in [0, 0.1) is 29.1 Å². The summed E-state index contributed by atoms with van der Waals surface area (Å²) in [6.07, 6.45) is 2.33. The summed E-state index contributed by atoms with van der Waals surface area (Å²) >= 11 is 0. The molecule has 1 saturated heterocycles. The van der Waals surface area contributed by atoms with Gasteiger partial charge in [-0.25, -0.2) is 0 Å². The zero-order valence-electron chi connectivity index (χ0n) is 10.1. The quantitative estimate of drug-likeness (QED) is 0.632. The zero-order valence-corrected chi connectivity index (χ0v) is 10.1. The van der Waals surface area contributed by atoms with Gasteiger partial charge >= 0.3 is 0 Å². The minimum Gasteiger partial charge on any atom is -0.306 e. The molecular formula is C15H16N2. The number of nitriles is 1. The molecule has 1 heterocycles. The molecule has 1 aliphatic rings. The summed E-state index contributed by atoms with van der Waals surface area (Å²) in [6, 6.07) is 9.58. The van der Waals surface area contributed by atoms with Crippen LogP contribution in [0.4, 0.5) is 0 Å². The fourth-order valence-corrected chi connectivity index (χ4v) is 1.97. The van der Waals surface area contributed by atoms with E-state index in [1.54, 1.807) is 0 Å². The Morgan fingerprint density at radius 1 is 1.12 bits per heavy atom. The van der Waals surface area contributed by atoms with E-state index in [1.807, 2.05) is 24.3 Å². The molecule has 0 radical (unpaired) electrons. The van der Waals surface area contributed by atoms with Crippen molar-refractivity contribution in [3.8, 4) is 17.9 Å². The van der Waals surface area contributed by atoms with Crippen LogP contribution in [-0.4, -0.2) is 25.0 Å². The number of likely N-dealkylation sites (tertiary alicyclic amines) is 1. The van der Waals surface area contributed by atoms with Crippen molar-refractivity contribution in [1.29, 1.82) is 5.26 Å². The van der Waals surface area contributed by atoms with Crippen molar-refractivity contribution < 1.29 is 0 Å². The minimum absolute atomic E-state index is 0.529. The number of rotatable bonds is 0. The lowest BCUT2D eigenvalue weighted by Crippen LogP contribution is -2.29. The van der Waals surface area contributed by atoms with Crippen LogP contribution < -0.4 is 0 Å². The fraction of sp³-hybridized carbons (Fsp3) is 0.400. The Morgan fingerprint density at radius 2 is 1.71 bits per heavy atom. The summed E-state index contributed by atoms with van der Waals surface area (Å²) in [5, 5.41) is 8.70. The van der Waals surface area contributed by atoms with Crippen molar-refractivity contribution in [3.05, 3.63) is 35.4 Å². The first kappa shape index (κ1) is 11.7. The van der Waals surface area contributed by atoms with Gasteiger partial charge in [-0.2, -0.15) is 5.26 Å². The third-order valence-corrected chi connectivity index (χ3v) is 3.15. The molecule has 2 rings (SSSR count). The molecule has 0 spiro atoms. The van der Waals surface area contributed by atoms with Gasteiger partial charge in [-0.05, 0) is 57.2 Å². The molecule has 1 aromatic carbocycles. The van der Waals surface area contributed by atoms with Gasteiger partial charge in [-0.3, -0.25) is 0 Å². The number of hydrogen-bond acceptors (Lipinski definition) is 2. The summed E-state index contributed by atoms with van der Waals surface area (Å²) < 4.78 is 0. The van der Waals surface area contributed by atoms with E-state index in [9.17, 15) is 0 Å². The lowest BCUT2D eigenvalue weighted by molar-refractivity contribution is 0.248. The molecule has 86 valence electrons. The first-order valence-corrected chi connectivity index (χ1v) is 5.98. The Labute approximate surface area is 103 Å². The molecule has 0 atom stereocenters. The second-order valence-corrected chi connectivity index (χ2v) is 4.54. The Hall–Kier alpha value is -1.77. The summed E-state index contributed by atoms with van der Waals surface area (Å²) in [6.45, 7) is 2.29. The normalized spacial score (nSPS) is 16.9. The van der Waals surface area contributed by atoms with Gasteiger partial charge in [-0.1, -0.05) is 11.8 Å². The largest absolute Gasteiger partial charge is 0.306 e. The molecule has 0 saturated carbocycles. The van der Waals surface area contributed by atoms with Crippen molar-refractivity contribution in [2.45, 2.75) is 12.8 Å². The van der Waals surface area contributed by atoms with E-state index in [1.165, 1.54) is 12.8 Å². The summed E-state index contributed by atoms with van der Waals surface area (Å²) in [5.41, 5.74) is 1.69. The van der Waals surface area contributed by atoms with Crippen molar-refractivity contribution in [2.75, 3.05) is 20.1 Å². The maximum absolute atomic E-state index is 8.70. The number of nitrogens with zero attached hydrogens (tertiary/aromatic N) is 2. The highest BCUT2D eigenvalue weighted by Crippen LogP contribution is 2.14. The Bertz CT molecular complexity index is 462. The monoisotopic (exact) mass is 224 g/mol. The molecule has 0 N–H and O–H groups in total. The maximum Gasteiger partial charge on any atom is 0.0991 e. The van der Waals surface area contributed by atoms with Crippen LogP contribution in [0.3, 0.4) is 0 Å². The average molecular weight is 224 g/mol. The van der Waals surface area contributed by atoms with Crippen molar-refractivity contribution >= 4 is 0 Å². The predicted molar refractivity (Wildman–Crippen MR) is 68.3 cm³/mol. The van der Waals surface area contributed by atoms with Gasteiger partial charge < -0.3 is 4.90 Å². The van der Waals surface area contributed by atoms with Gasteiger partial charge in [0, 0.05) is 11.5 Å². The maximum atomic E-state index is 8.70. The van der Waals surface area contributed by atoms with Gasteiger partial charge in [0.15, 0.2) is 0 Å². The third-order valence-electron chi connectivity index (χ3n) is 3.15. The Balaban J connectivity index is 1.98. The highest BCUT2D eigenvalue weighted by Gasteiger charge is 2.13. The highest BCUT2D eigenvalue weighted by atomic mass is 15.1. The summed E-state index contributed by atoms with van der Waals surface area (Å²) in [4.78, 5) is 2.35. The second-order valence-electron chi connectivity index (χ2n) is 4.54. The summed E-state index contributed by atoms with van der Waals surface area (Å²) in [7, 11) is 2.16. The Kier molecular flexibility index (Phi) is 3.81. The van der Waals surface area contributed by atoms with E-state index in [0.717, 1.165) is 18.7 Å².